The van der Waals surface area contributed by atoms with Crippen molar-refractivity contribution in [2.75, 3.05) is 31.7 Å². The van der Waals surface area contributed by atoms with Gasteiger partial charge in [0.2, 0.25) is 0 Å². The zero-order valence-electron chi connectivity index (χ0n) is 9.42. The number of rotatable bonds is 4. The van der Waals surface area contributed by atoms with Crippen molar-refractivity contribution >= 4 is 23.0 Å². The minimum absolute atomic E-state index is 0.457. The van der Waals surface area contributed by atoms with Crippen LogP contribution in [0.15, 0.2) is 18.2 Å². The third kappa shape index (κ3) is 3.61. The average molecular weight is 228 g/mol. The van der Waals surface area contributed by atoms with Gasteiger partial charge in [0, 0.05) is 18.3 Å². The summed E-state index contributed by atoms with van der Waals surface area (Å²) in [5.74, 6) is 0. The van der Waals surface area contributed by atoms with Crippen molar-refractivity contribution < 1.29 is 0 Å². The fraction of sp³-hybridized carbons (Fsp3) is 0.455. The number of benzene rings is 1. The van der Waals surface area contributed by atoms with Gasteiger partial charge < -0.3 is 16.0 Å². The van der Waals surface area contributed by atoms with Gasteiger partial charge in [0.05, 0.1) is 10.7 Å². The fourth-order valence-electron chi connectivity index (χ4n) is 1.11. The van der Waals surface area contributed by atoms with Crippen LogP contribution in [0.25, 0.3) is 0 Å². The van der Waals surface area contributed by atoms with Gasteiger partial charge in [-0.05, 0) is 39.2 Å². The normalized spacial score (nSPS) is 12.9. The Balaban J connectivity index is 2.58. The molecule has 0 bridgehead atoms. The van der Waals surface area contributed by atoms with Gasteiger partial charge >= 0.3 is 0 Å². The maximum Gasteiger partial charge on any atom is 0.0657 e. The Kier molecular flexibility index (Phi) is 4.24. The lowest BCUT2D eigenvalue weighted by atomic mass is 10.2. The Morgan fingerprint density at radius 1 is 1.47 bits per heavy atom. The first kappa shape index (κ1) is 12.1. The molecule has 0 amide bonds. The van der Waals surface area contributed by atoms with E-state index in [4.69, 9.17) is 17.3 Å². The van der Waals surface area contributed by atoms with Gasteiger partial charge in [0.15, 0.2) is 0 Å². The van der Waals surface area contributed by atoms with Crippen LogP contribution < -0.4 is 11.1 Å². The van der Waals surface area contributed by atoms with E-state index in [1.54, 1.807) is 6.07 Å². The summed E-state index contributed by atoms with van der Waals surface area (Å²) in [5.41, 5.74) is 7.23. The Morgan fingerprint density at radius 3 is 2.67 bits per heavy atom. The van der Waals surface area contributed by atoms with Crippen molar-refractivity contribution in [1.82, 2.24) is 4.90 Å². The molecule has 0 aromatic heterocycles. The van der Waals surface area contributed by atoms with Crippen molar-refractivity contribution in [3.05, 3.63) is 23.2 Å². The number of likely N-dealkylation sites (N-methyl/N-ethyl adjacent to an activating group) is 1. The first-order valence-electron chi connectivity index (χ1n) is 4.96. The molecule has 0 heterocycles. The van der Waals surface area contributed by atoms with Crippen molar-refractivity contribution in [1.29, 1.82) is 0 Å². The molecular formula is C11H18ClN3. The van der Waals surface area contributed by atoms with Crippen LogP contribution in [-0.4, -0.2) is 31.6 Å². The molecule has 1 unspecified atom stereocenters. The molecule has 1 aromatic carbocycles. The lowest BCUT2D eigenvalue weighted by molar-refractivity contribution is 0.326. The lowest BCUT2D eigenvalue weighted by Crippen LogP contribution is -2.31. The zero-order chi connectivity index (χ0) is 11.4. The monoisotopic (exact) mass is 227 g/mol. The summed E-state index contributed by atoms with van der Waals surface area (Å²) in [7, 11) is 4.11. The highest BCUT2D eigenvalue weighted by Crippen LogP contribution is 2.23. The zero-order valence-corrected chi connectivity index (χ0v) is 10.2. The minimum atomic E-state index is 0.457. The molecule has 0 radical (unpaired) electrons. The SMILES string of the molecule is CC(CNc1ccc(N)cc1Cl)N(C)C. The topological polar surface area (TPSA) is 41.3 Å². The number of anilines is 2. The van der Waals surface area contributed by atoms with Gasteiger partial charge in [-0.15, -0.1) is 0 Å². The Bertz CT molecular complexity index is 326. The fourth-order valence-corrected chi connectivity index (χ4v) is 1.37. The standard InChI is InChI=1S/C11H18ClN3/c1-8(15(2)3)7-14-11-5-4-9(13)6-10(11)12/h4-6,8,14H,7,13H2,1-3H3. The molecule has 0 aliphatic rings. The molecular weight excluding hydrogens is 210 g/mol. The number of halogens is 1. The summed E-state index contributed by atoms with van der Waals surface area (Å²) in [5, 5.41) is 3.96. The van der Waals surface area contributed by atoms with E-state index in [0.29, 0.717) is 16.8 Å². The van der Waals surface area contributed by atoms with Crippen LogP contribution in [-0.2, 0) is 0 Å². The highest BCUT2D eigenvalue weighted by Gasteiger charge is 2.05. The first-order valence-corrected chi connectivity index (χ1v) is 5.34. The maximum absolute atomic E-state index is 6.04. The molecule has 0 spiro atoms. The van der Waals surface area contributed by atoms with Gasteiger partial charge in [-0.25, -0.2) is 0 Å². The molecule has 3 nitrogen and oxygen atoms in total. The van der Waals surface area contributed by atoms with Crippen LogP contribution in [0.2, 0.25) is 5.02 Å². The van der Waals surface area contributed by atoms with Crippen molar-refractivity contribution in [3.63, 3.8) is 0 Å². The lowest BCUT2D eigenvalue weighted by Gasteiger charge is -2.21. The predicted molar refractivity (Wildman–Crippen MR) is 67.5 cm³/mol. The summed E-state index contributed by atoms with van der Waals surface area (Å²) >= 11 is 6.04. The predicted octanol–water partition coefficient (Wildman–Crippen LogP) is 2.28. The van der Waals surface area contributed by atoms with E-state index in [2.05, 4.69) is 31.2 Å². The van der Waals surface area contributed by atoms with Crippen LogP contribution in [0.5, 0.6) is 0 Å². The van der Waals surface area contributed by atoms with E-state index in [1.165, 1.54) is 0 Å². The number of nitrogens with zero attached hydrogens (tertiary/aromatic N) is 1. The van der Waals surface area contributed by atoms with E-state index in [-0.39, 0.29) is 0 Å². The van der Waals surface area contributed by atoms with Gasteiger partial charge in [-0.1, -0.05) is 11.6 Å². The third-order valence-electron chi connectivity index (χ3n) is 2.46. The second-order valence-corrected chi connectivity index (χ2v) is 4.34. The maximum atomic E-state index is 6.04. The van der Waals surface area contributed by atoms with Gasteiger partial charge in [-0.2, -0.15) is 0 Å². The van der Waals surface area contributed by atoms with Crippen molar-refractivity contribution in [2.45, 2.75) is 13.0 Å². The van der Waals surface area contributed by atoms with Crippen molar-refractivity contribution in [2.24, 2.45) is 0 Å². The largest absolute Gasteiger partial charge is 0.399 e. The Labute approximate surface area is 96.2 Å². The molecule has 4 heteroatoms. The van der Waals surface area contributed by atoms with Crippen LogP contribution >= 0.6 is 11.6 Å². The Morgan fingerprint density at radius 2 is 2.13 bits per heavy atom. The molecule has 1 atom stereocenters. The van der Waals surface area contributed by atoms with Crippen LogP contribution in [0.4, 0.5) is 11.4 Å². The number of nitrogen functional groups attached to an aromatic ring is 1. The molecule has 1 rings (SSSR count). The summed E-state index contributed by atoms with van der Waals surface area (Å²) in [4.78, 5) is 2.15. The number of hydrogen-bond acceptors (Lipinski definition) is 3. The molecule has 0 saturated carbocycles. The minimum Gasteiger partial charge on any atom is -0.399 e. The van der Waals surface area contributed by atoms with E-state index >= 15 is 0 Å². The Hall–Kier alpha value is -0.930. The quantitative estimate of drug-likeness (QED) is 0.776. The summed E-state index contributed by atoms with van der Waals surface area (Å²) in [6.07, 6.45) is 0. The number of nitrogens with one attached hydrogen (secondary N) is 1. The smallest absolute Gasteiger partial charge is 0.0657 e. The average Bonchev–Trinajstić information content (AvgIpc) is 2.15. The molecule has 0 saturated heterocycles. The van der Waals surface area contributed by atoms with Gasteiger partial charge in [0.1, 0.15) is 0 Å². The first-order chi connectivity index (χ1) is 7.00. The summed E-state index contributed by atoms with van der Waals surface area (Å²) < 4.78 is 0. The highest BCUT2D eigenvalue weighted by atomic mass is 35.5. The van der Waals surface area contributed by atoms with Gasteiger partial charge in [-0.3, -0.25) is 0 Å². The summed E-state index contributed by atoms with van der Waals surface area (Å²) in [6.45, 7) is 3.01. The summed E-state index contributed by atoms with van der Waals surface area (Å²) in [6, 6.07) is 5.96. The van der Waals surface area contributed by atoms with Crippen LogP contribution in [0, 0.1) is 0 Å². The van der Waals surface area contributed by atoms with Crippen LogP contribution in [0.1, 0.15) is 6.92 Å². The van der Waals surface area contributed by atoms with Crippen molar-refractivity contribution in [3.8, 4) is 0 Å². The second kappa shape index (κ2) is 5.24. The second-order valence-electron chi connectivity index (χ2n) is 3.93. The van der Waals surface area contributed by atoms with E-state index in [0.717, 1.165) is 12.2 Å². The van der Waals surface area contributed by atoms with Crippen LogP contribution in [0.3, 0.4) is 0 Å². The molecule has 0 fully saturated rings. The molecule has 3 N–H and O–H groups in total. The number of hydrogen-bond donors (Lipinski definition) is 2. The van der Waals surface area contributed by atoms with E-state index in [9.17, 15) is 0 Å². The van der Waals surface area contributed by atoms with Gasteiger partial charge in [0.25, 0.3) is 0 Å². The molecule has 0 aliphatic heterocycles. The molecule has 1 aromatic rings. The van der Waals surface area contributed by atoms with E-state index in [1.807, 2.05) is 12.1 Å². The third-order valence-corrected chi connectivity index (χ3v) is 2.78. The molecule has 0 aliphatic carbocycles. The number of nitrogens with two attached hydrogens (primary N) is 1. The molecule has 15 heavy (non-hydrogen) atoms. The molecule has 84 valence electrons. The highest BCUT2D eigenvalue weighted by molar-refractivity contribution is 6.33. The van der Waals surface area contributed by atoms with E-state index < -0.39 is 0 Å².